The fraction of sp³-hybridized carbons (Fsp3) is 0.438. The maximum absolute atomic E-state index is 12.5. The molecule has 0 unspecified atom stereocenters. The molecule has 1 amide bonds. The molecule has 0 radical (unpaired) electrons. The molecule has 23 heavy (non-hydrogen) atoms. The Kier molecular flexibility index (Phi) is 5.32. The molecule has 1 fully saturated rings. The predicted molar refractivity (Wildman–Crippen MR) is 88.2 cm³/mol. The van der Waals surface area contributed by atoms with Crippen LogP contribution in [0.1, 0.15) is 21.2 Å². The molecule has 1 aliphatic rings. The van der Waals surface area contributed by atoms with Gasteiger partial charge in [0.25, 0.3) is 5.91 Å². The minimum atomic E-state index is 0.0149. The second-order valence-corrected chi connectivity index (χ2v) is 6.39. The van der Waals surface area contributed by atoms with Gasteiger partial charge in [0.15, 0.2) is 0 Å². The summed E-state index contributed by atoms with van der Waals surface area (Å²) in [6, 6.07) is 5.96. The summed E-state index contributed by atoms with van der Waals surface area (Å²) in [5.74, 6) is 0.0149. The first kappa shape index (κ1) is 16.0. The maximum atomic E-state index is 12.5. The first-order chi connectivity index (χ1) is 11.3. The molecule has 1 saturated heterocycles. The molecule has 6 nitrogen and oxygen atoms in total. The molecule has 2 aromatic rings. The molecule has 3 heterocycles. The number of ether oxygens (including phenoxy) is 1. The van der Waals surface area contributed by atoms with Crippen LogP contribution in [0.2, 0.25) is 0 Å². The van der Waals surface area contributed by atoms with Gasteiger partial charge >= 0.3 is 0 Å². The van der Waals surface area contributed by atoms with Crippen molar-refractivity contribution in [3.63, 3.8) is 0 Å². The monoisotopic (exact) mass is 332 g/mol. The number of nitrogens with zero attached hydrogens (tertiary/aromatic N) is 4. The summed E-state index contributed by atoms with van der Waals surface area (Å²) in [6.45, 7) is 4.45. The normalized spacial score (nSPS) is 15.8. The van der Waals surface area contributed by atoms with Gasteiger partial charge in [-0.15, -0.1) is 11.3 Å². The number of hydrogen-bond acceptors (Lipinski definition) is 6. The molecule has 3 rings (SSSR count). The van der Waals surface area contributed by atoms with E-state index in [9.17, 15) is 4.79 Å². The lowest BCUT2D eigenvalue weighted by Crippen LogP contribution is -2.48. The van der Waals surface area contributed by atoms with Crippen LogP contribution in [0, 0.1) is 0 Å². The van der Waals surface area contributed by atoms with Crippen molar-refractivity contribution >= 4 is 17.2 Å². The van der Waals surface area contributed by atoms with Crippen LogP contribution in [-0.4, -0.2) is 59.0 Å². The third kappa shape index (κ3) is 4.13. The summed E-state index contributed by atoms with van der Waals surface area (Å²) in [4.78, 5) is 25.4. The molecular weight excluding hydrogens is 312 g/mol. The molecular formula is C16H20N4O2S. The lowest BCUT2D eigenvalue weighted by molar-refractivity contribution is 0.0621. The number of pyridine rings is 1. The highest BCUT2D eigenvalue weighted by molar-refractivity contribution is 7.09. The zero-order chi connectivity index (χ0) is 16.1. The number of amides is 1. The topological polar surface area (TPSA) is 58.6 Å². The minimum Gasteiger partial charge on any atom is -0.378 e. The number of carbonyl (C=O) groups excluding carboxylic acids is 1. The molecule has 0 aliphatic carbocycles. The zero-order valence-corrected chi connectivity index (χ0v) is 14.0. The highest BCUT2D eigenvalue weighted by Gasteiger charge is 2.23. The number of rotatable bonds is 5. The molecule has 0 saturated carbocycles. The lowest BCUT2D eigenvalue weighted by Gasteiger charge is -2.34. The molecule has 0 atom stereocenters. The molecule has 0 N–H and O–H groups in total. The van der Waals surface area contributed by atoms with Gasteiger partial charge in [-0.25, -0.2) is 4.98 Å². The van der Waals surface area contributed by atoms with Gasteiger partial charge in [0, 0.05) is 51.4 Å². The van der Waals surface area contributed by atoms with E-state index in [0.29, 0.717) is 12.3 Å². The van der Waals surface area contributed by atoms with Crippen LogP contribution in [0.5, 0.6) is 0 Å². The van der Waals surface area contributed by atoms with Crippen LogP contribution < -0.4 is 0 Å². The average Bonchev–Trinajstić information content (AvgIpc) is 3.05. The first-order valence-electron chi connectivity index (χ1n) is 7.61. The van der Waals surface area contributed by atoms with Gasteiger partial charge in [-0.1, -0.05) is 6.07 Å². The Bertz CT molecular complexity index is 639. The van der Waals surface area contributed by atoms with Gasteiger partial charge in [-0.3, -0.25) is 14.7 Å². The van der Waals surface area contributed by atoms with Crippen LogP contribution in [-0.2, 0) is 17.9 Å². The van der Waals surface area contributed by atoms with E-state index in [0.717, 1.165) is 43.4 Å². The van der Waals surface area contributed by atoms with Crippen molar-refractivity contribution in [2.75, 3.05) is 33.3 Å². The van der Waals surface area contributed by atoms with Crippen molar-refractivity contribution in [1.82, 2.24) is 19.8 Å². The standard InChI is InChI=1S/C16H20N4O2S/c1-22-11-15-18-14(12-23-15)16(21)20-8-6-19(7-9-20)10-13-4-2-3-5-17-13/h2-5,12H,6-11H2,1H3. The smallest absolute Gasteiger partial charge is 0.273 e. The number of thiazole rings is 1. The van der Waals surface area contributed by atoms with E-state index in [2.05, 4.69) is 14.9 Å². The number of piperazine rings is 1. The van der Waals surface area contributed by atoms with Gasteiger partial charge in [-0.05, 0) is 12.1 Å². The van der Waals surface area contributed by atoms with Crippen molar-refractivity contribution in [1.29, 1.82) is 0 Å². The van der Waals surface area contributed by atoms with E-state index >= 15 is 0 Å². The van der Waals surface area contributed by atoms with Gasteiger partial charge in [0.05, 0.1) is 12.3 Å². The summed E-state index contributed by atoms with van der Waals surface area (Å²) in [7, 11) is 1.63. The van der Waals surface area contributed by atoms with Gasteiger partial charge in [0.1, 0.15) is 10.7 Å². The summed E-state index contributed by atoms with van der Waals surface area (Å²) in [5, 5.41) is 2.65. The summed E-state index contributed by atoms with van der Waals surface area (Å²) in [6.07, 6.45) is 1.81. The molecule has 0 aromatic carbocycles. The number of methoxy groups -OCH3 is 1. The Morgan fingerprint density at radius 1 is 1.30 bits per heavy atom. The maximum Gasteiger partial charge on any atom is 0.273 e. The van der Waals surface area contributed by atoms with Crippen LogP contribution in [0.15, 0.2) is 29.8 Å². The van der Waals surface area contributed by atoms with E-state index in [1.807, 2.05) is 34.7 Å². The number of aromatic nitrogens is 2. The Labute approximate surface area is 139 Å². The quantitative estimate of drug-likeness (QED) is 0.833. The van der Waals surface area contributed by atoms with Gasteiger partial charge < -0.3 is 9.64 Å². The largest absolute Gasteiger partial charge is 0.378 e. The fourth-order valence-electron chi connectivity index (χ4n) is 2.59. The van der Waals surface area contributed by atoms with Crippen LogP contribution in [0.3, 0.4) is 0 Å². The SMILES string of the molecule is COCc1nc(C(=O)N2CCN(Cc3ccccn3)CC2)cs1. The van der Waals surface area contributed by atoms with Crippen LogP contribution in [0.4, 0.5) is 0 Å². The second kappa shape index (κ2) is 7.63. The second-order valence-electron chi connectivity index (χ2n) is 5.45. The van der Waals surface area contributed by atoms with Crippen LogP contribution >= 0.6 is 11.3 Å². The van der Waals surface area contributed by atoms with Crippen molar-refractivity contribution in [2.24, 2.45) is 0 Å². The van der Waals surface area contributed by atoms with E-state index in [-0.39, 0.29) is 5.91 Å². The highest BCUT2D eigenvalue weighted by Crippen LogP contribution is 2.14. The van der Waals surface area contributed by atoms with Crippen molar-refractivity contribution in [3.05, 3.63) is 46.2 Å². The number of hydrogen-bond donors (Lipinski definition) is 0. The number of carbonyl (C=O) groups is 1. The van der Waals surface area contributed by atoms with E-state index < -0.39 is 0 Å². The van der Waals surface area contributed by atoms with E-state index in [1.165, 1.54) is 11.3 Å². The van der Waals surface area contributed by atoms with Crippen molar-refractivity contribution in [3.8, 4) is 0 Å². The molecule has 122 valence electrons. The van der Waals surface area contributed by atoms with Crippen molar-refractivity contribution in [2.45, 2.75) is 13.2 Å². The summed E-state index contributed by atoms with van der Waals surface area (Å²) in [5.41, 5.74) is 1.59. The Morgan fingerprint density at radius 3 is 2.83 bits per heavy atom. The van der Waals surface area contributed by atoms with Gasteiger partial charge in [-0.2, -0.15) is 0 Å². The van der Waals surface area contributed by atoms with E-state index in [4.69, 9.17) is 4.74 Å². The fourth-order valence-corrected chi connectivity index (χ4v) is 3.33. The zero-order valence-electron chi connectivity index (χ0n) is 13.1. The van der Waals surface area contributed by atoms with E-state index in [1.54, 1.807) is 7.11 Å². The Hall–Kier alpha value is -1.83. The molecule has 0 spiro atoms. The molecule has 2 aromatic heterocycles. The highest BCUT2D eigenvalue weighted by atomic mass is 32.1. The third-order valence-electron chi connectivity index (χ3n) is 3.81. The first-order valence-corrected chi connectivity index (χ1v) is 8.49. The summed E-state index contributed by atoms with van der Waals surface area (Å²) < 4.78 is 5.05. The average molecular weight is 332 g/mol. The third-order valence-corrected chi connectivity index (χ3v) is 4.63. The molecule has 7 heteroatoms. The lowest BCUT2D eigenvalue weighted by atomic mass is 10.2. The Morgan fingerprint density at radius 2 is 2.13 bits per heavy atom. The van der Waals surface area contributed by atoms with Crippen LogP contribution in [0.25, 0.3) is 0 Å². The van der Waals surface area contributed by atoms with Gasteiger partial charge in [0.2, 0.25) is 0 Å². The molecule has 1 aliphatic heterocycles. The Balaban J connectivity index is 1.52. The summed E-state index contributed by atoms with van der Waals surface area (Å²) >= 11 is 1.47. The predicted octanol–water partition coefficient (Wildman–Crippen LogP) is 1.64. The van der Waals surface area contributed by atoms with Crippen molar-refractivity contribution < 1.29 is 9.53 Å². The minimum absolute atomic E-state index is 0.0149. The molecule has 0 bridgehead atoms.